The third-order valence-electron chi connectivity index (χ3n) is 3.95. The second-order valence-corrected chi connectivity index (χ2v) is 5.63. The molecule has 2 rings (SSSR count). The van der Waals surface area contributed by atoms with Gasteiger partial charge in [-0.25, -0.2) is 0 Å². The van der Waals surface area contributed by atoms with Gasteiger partial charge in [0.15, 0.2) is 5.78 Å². The van der Waals surface area contributed by atoms with Crippen molar-refractivity contribution in [2.75, 3.05) is 11.9 Å². The number of carbonyl (C=O) groups excluding carboxylic acids is 1. The molecular formula is C16H23NO2. The van der Waals surface area contributed by atoms with E-state index in [0.29, 0.717) is 6.54 Å². The van der Waals surface area contributed by atoms with Crippen LogP contribution in [0.3, 0.4) is 0 Å². The number of benzene rings is 1. The average molecular weight is 261 g/mol. The standard InChI is InChI=1S/C16H23NO2/c1-13(18)14-6-8-15(9-7-14)17-12-16(19)10-4-2-3-5-11-16/h6-9,17,19H,2-5,10-12H2,1H3. The van der Waals surface area contributed by atoms with Crippen LogP contribution >= 0.6 is 0 Å². The first-order valence-electron chi connectivity index (χ1n) is 7.16. The lowest BCUT2D eigenvalue weighted by Gasteiger charge is -2.27. The zero-order valence-corrected chi connectivity index (χ0v) is 11.6. The first-order chi connectivity index (χ1) is 9.09. The molecule has 1 aromatic rings. The summed E-state index contributed by atoms with van der Waals surface area (Å²) in [6.45, 7) is 2.16. The zero-order chi connectivity index (χ0) is 13.7. The quantitative estimate of drug-likeness (QED) is 0.645. The Hall–Kier alpha value is -1.35. The molecule has 0 radical (unpaired) electrons. The Morgan fingerprint density at radius 2 is 1.74 bits per heavy atom. The van der Waals surface area contributed by atoms with Crippen LogP contribution in [0.4, 0.5) is 5.69 Å². The second kappa shape index (κ2) is 6.20. The van der Waals surface area contributed by atoms with Gasteiger partial charge in [-0.3, -0.25) is 4.79 Å². The Labute approximate surface area is 115 Å². The molecule has 104 valence electrons. The zero-order valence-electron chi connectivity index (χ0n) is 11.6. The van der Waals surface area contributed by atoms with Crippen molar-refractivity contribution in [3.8, 4) is 0 Å². The smallest absolute Gasteiger partial charge is 0.159 e. The predicted molar refractivity (Wildman–Crippen MR) is 77.6 cm³/mol. The number of rotatable bonds is 4. The average Bonchev–Trinajstić information content (AvgIpc) is 2.62. The van der Waals surface area contributed by atoms with Crippen LogP contribution in [0.5, 0.6) is 0 Å². The molecule has 3 nitrogen and oxygen atoms in total. The van der Waals surface area contributed by atoms with Gasteiger partial charge in [0.25, 0.3) is 0 Å². The van der Waals surface area contributed by atoms with Crippen LogP contribution in [0.2, 0.25) is 0 Å². The van der Waals surface area contributed by atoms with E-state index in [-0.39, 0.29) is 5.78 Å². The Kier molecular flexibility index (Phi) is 4.59. The van der Waals surface area contributed by atoms with E-state index in [1.165, 1.54) is 12.8 Å². The molecule has 3 heteroatoms. The fraction of sp³-hybridized carbons (Fsp3) is 0.562. The maximum Gasteiger partial charge on any atom is 0.159 e. The van der Waals surface area contributed by atoms with Gasteiger partial charge in [0.05, 0.1) is 5.60 Å². The molecule has 0 aromatic heterocycles. The van der Waals surface area contributed by atoms with E-state index in [9.17, 15) is 9.90 Å². The Bertz CT molecular complexity index is 417. The van der Waals surface area contributed by atoms with Crippen LogP contribution in [-0.4, -0.2) is 23.0 Å². The first-order valence-corrected chi connectivity index (χ1v) is 7.16. The maximum atomic E-state index is 11.2. The van der Waals surface area contributed by atoms with Crippen molar-refractivity contribution in [2.24, 2.45) is 0 Å². The summed E-state index contributed by atoms with van der Waals surface area (Å²) in [5, 5.41) is 13.8. The molecule has 0 spiro atoms. The highest BCUT2D eigenvalue weighted by molar-refractivity contribution is 5.94. The Morgan fingerprint density at radius 1 is 1.16 bits per heavy atom. The largest absolute Gasteiger partial charge is 0.388 e. The van der Waals surface area contributed by atoms with Crippen LogP contribution < -0.4 is 5.32 Å². The lowest BCUT2D eigenvalue weighted by atomic mass is 9.94. The summed E-state index contributed by atoms with van der Waals surface area (Å²) in [4.78, 5) is 11.2. The number of nitrogens with one attached hydrogen (secondary N) is 1. The molecule has 1 saturated carbocycles. The van der Waals surface area contributed by atoms with Gasteiger partial charge in [0, 0.05) is 17.8 Å². The predicted octanol–water partition coefficient (Wildman–Crippen LogP) is 3.39. The van der Waals surface area contributed by atoms with Gasteiger partial charge in [-0.2, -0.15) is 0 Å². The summed E-state index contributed by atoms with van der Waals surface area (Å²) in [5.74, 6) is 0.0777. The summed E-state index contributed by atoms with van der Waals surface area (Å²) in [6, 6.07) is 7.44. The van der Waals surface area contributed by atoms with Crippen LogP contribution in [0.15, 0.2) is 24.3 Å². The van der Waals surface area contributed by atoms with E-state index in [1.54, 1.807) is 6.92 Å². The number of hydrogen-bond acceptors (Lipinski definition) is 3. The van der Waals surface area contributed by atoms with E-state index >= 15 is 0 Å². The molecule has 19 heavy (non-hydrogen) atoms. The normalized spacial score (nSPS) is 18.6. The minimum atomic E-state index is -0.574. The summed E-state index contributed by atoms with van der Waals surface area (Å²) in [7, 11) is 0. The number of ketones is 1. The summed E-state index contributed by atoms with van der Waals surface area (Å²) < 4.78 is 0. The molecule has 0 unspecified atom stereocenters. The van der Waals surface area contributed by atoms with Crippen molar-refractivity contribution in [1.82, 2.24) is 0 Å². The van der Waals surface area contributed by atoms with Crippen molar-refractivity contribution < 1.29 is 9.90 Å². The van der Waals surface area contributed by atoms with Crippen molar-refractivity contribution in [2.45, 2.75) is 51.0 Å². The van der Waals surface area contributed by atoms with Crippen molar-refractivity contribution in [1.29, 1.82) is 0 Å². The first kappa shape index (κ1) is 14.1. The van der Waals surface area contributed by atoms with E-state index in [1.807, 2.05) is 24.3 Å². The molecule has 0 bridgehead atoms. The van der Waals surface area contributed by atoms with Gasteiger partial charge in [-0.15, -0.1) is 0 Å². The molecule has 1 aromatic carbocycles. The van der Waals surface area contributed by atoms with Gasteiger partial charge < -0.3 is 10.4 Å². The van der Waals surface area contributed by atoms with E-state index < -0.39 is 5.60 Å². The molecule has 1 aliphatic carbocycles. The summed E-state index contributed by atoms with van der Waals surface area (Å²) in [5.41, 5.74) is 1.11. The highest BCUT2D eigenvalue weighted by Gasteiger charge is 2.27. The molecule has 1 fully saturated rings. The summed E-state index contributed by atoms with van der Waals surface area (Å²) in [6.07, 6.45) is 6.45. The van der Waals surface area contributed by atoms with E-state index in [0.717, 1.165) is 36.9 Å². The van der Waals surface area contributed by atoms with Crippen LogP contribution in [-0.2, 0) is 0 Å². The van der Waals surface area contributed by atoms with Crippen LogP contribution in [0, 0.1) is 0 Å². The fourth-order valence-corrected chi connectivity index (χ4v) is 2.65. The monoisotopic (exact) mass is 261 g/mol. The third kappa shape index (κ3) is 4.06. The molecule has 0 heterocycles. The van der Waals surface area contributed by atoms with E-state index in [4.69, 9.17) is 0 Å². The van der Waals surface area contributed by atoms with Gasteiger partial charge in [-0.1, -0.05) is 25.7 Å². The third-order valence-corrected chi connectivity index (χ3v) is 3.95. The van der Waals surface area contributed by atoms with Crippen molar-refractivity contribution in [3.05, 3.63) is 29.8 Å². The lowest BCUT2D eigenvalue weighted by Crippen LogP contribution is -2.36. The van der Waals surface area contributed by atoms with E-state index in [2.05, 4.69) is 5.32 Å². The minimum absolute atomic E-state index is 0.0777. The number of Topliss-reactive ketones (excluding diaryl/α,β-unsaturated/α-hetero) is 1. The molecular weight excluding hydrogens is 238 g/mol. The maximum absolute atomic E-state index is 11.2. The van der Waals surface area contributed by atoms with Gasteiger partial charge >= 0.3 is 0 Å². The molecule has 0 atom stereocenters. The highest BCUT2D eigenvalue weighted by Crippen LogP contribution is 2.27. The number of aliphatic hydroxyl groups is 1. The topological polar surface area (TPSA) is 49.3 Å². The molecule has 0 aliphatic heterocycles. The second-order valence-electron chi connectivity index (χ2n) is 5.63. The van der Waals surface area contributed by atoms with Gasteiger partial charge in [0.2, 0.25) is 0 Å². The highest BCUT2D eigenvalue weighted by atomic mass is 16.3. The molecule has 1 aliphatic rings. The lowest BCUT2D eigenvalue weighted by molar-refractivity contribution is 0.0381. The van der Waals surface area contributed by atoms with Gasteiger partial charge in [0.1, 0.15) is 0 Å². The SMILES string of the molecule is CC(=O)c1ccc(NCC2(O)CCCCCC2)cc1. The van der Waals surface area contributed by atoms with Gasteiger partial charge in [-0.05, 0) is 44.0 Å². The Morgan fingerprint density at radius 3 is 2.26 bits per heavy atom. The minimum Gasteiger partial charge on any atom is -0.388 e. The summed E-state index contributed by atoms with van der Waals surface area (Å²) >= 11 is 0. The van der Waals surface area contributed by atoms with Crippen molar-refractivity contribution in [3.63, 3.8) is 0 Å². The van der Waals surface area contributed by atoms with Crippen molar-refractivity contribution >= 4 is 11.5 Å². The molecule has 2 N–H and O–H groups in total. The van der Waals surface area contributed by atoms with Crippen LogP contribution in [0.25, 0.3) is 0 Å². The number of hydrogen-bond donors (Lipinski definition) is 2. The molecule has 0 saturated heterocycles. The number of carbonyl (C=O) groups is 1. The van der Waals surface area contributed by atoms with Crippen LogP contribution in [0.1, 0.15) is 55.8 Å². The molecule has 0 amide bonds. The fourth-order valence-electron chi connectivity index (χ4n) is 2.65. The Balaban J connectivity index is 1.92. The number of anilines is 1.